The summed E-state index contributed by atoms with van der Waals surface area (Å²) in [5.74, 6) is -3.52. The molecule has 2 aliphatic carbocycles. The monoisotopic (exact) mass is 328 g/mol. The minimum Gasteiger partial charge on any atom is -0.326 e. The highest BCUT2D eigenvalue weighted by Gasteiger charge is 2.61. The van der Waals surface area contributed by atoms with Gasteiger partial charge in [-0.2, -0.15) is 0 Å². The van der Waals surface area contributed by atoms with Gasteiger partial charge < -0.3 is 5.32 Å². The summed E-state index contributed by atoms with van der Waals surface area (Å²) in [5.41, 5.74) is 3.54. The van der Waals surface area contributed by atoms with Gasteiger partial charge in [-0.05, 0) is 48.1 Å². The van der Waals surface area contributed by atoms with Crippen LogP contribution in [0.25, 0.3) is 11.3 Å². The van der Waals surface area contributed by atoms with Gasteiger partial charge in [-0.1, -0.05) is 19.1 Å². The van der Waals surface area contributed by atoms with Crippen molar-refractivity contribution in [3.8, 4) is 11.3 Å². The number of amides is 1. The van der Waals surface area contributed by atoms with Crippen LogP contribution in [0, 0.1) is 11.8 Å². The van der Waals surface area contributed by atoms with Gasteiger partial charge in [-0.25, -0.2) is 8.78 Å². The number of aromatic nitrogens is 1. The van der Waals surface area contributed by atoms with Gasteiger partial charge in [0.25, 0.3) is 5.92 Å². The summed E-state index contributed by atoms with van der Waals surface area (Å²) in [4.78, 5) is 16.3. The predicted molar refractivity (Wildman–Crippen MR) is 87.9 cm³/mol. The zero-order valence-corrected chi connectivity index (χ0v) is 13.3. The van der Waals surface area contributed by atoms with Gasteiger partial charge in [-0.15, -0.1) is 0 Å². The fourth-order valence-corrected chi connectivity index (χ4v) is 3.18. The number of nitrogens with zero attached hydrogens (tertiary/aromatic N) is 1. The molecule has 0 saturated heterocycles. The van der Waals surface area contributed by atoms with Gasteiger partial charge in [0, 0.05) is 23.9 Å². The smallest absolute Gasteiger partial charge is 0.260 e. The van der Waals surface area contributed by atoms with E-state index in [-0.39, 0.29) is 6.42 Å². The number of hydrogen-bond acceptors (Lipinski definition) is 2. The number of benzene rings is 1. The molecule has 3 nitrogen and oxygen atoms in total. The Labute approximate surface area is 139 Å². The molecule has 0 spiro atoms. The second kappa shape index (κ2) is 5.36. The van der Waals surface area contributed by atoms with Crippen LogP contribution >= 0.6 is 0 Å². The fourth-order valence-electron chi connectivity index (χ4n) is 3.18. The Morgan fingerprint density at radius 2 is 2.04 bits per heavy atom. The summed E-state index contributed by atoms with van der Waals surface area (Å²) in [6.45, 7) is 2.21. The highest BCUT2D eigenvalue weighted by molar-refractivity contribution is 5.96. The lowest BCUT2D eigenvalue weighted by Gasteiger charge is -2.12. The molecule has 0 radical (unpaired) electrons. The second-order valence-electron chi connectivity index (χ2n) is 6.84. The molecule has 0 aliphatic heterocycles. The Bertz CT molecular complexity index is 791. The van der Waals surface area contributed by atoms with E-state index in [4.69, 9.17) is 0 Å². The largest absolute Gasteiger partial charge is 0.326 e. The van der Waals surface area contributed by atoms with E-state index < -0.39 is 17.7 Å². The fraction of sp³-hybridized carbons (Fsp3) is 0.368. The van der Waals surface area contributed by atoms with Gasteiger partial charge in [0.15, 0.2) is 0 Å². The maximum atomic E-state index is 13.0. The summed E-state index contributed by atoms with van der Waals surface area (Å²) >= 11 is 0. The standard InChI is InChI=1S/C19H18F2N2O/c1-11-8-14(11)13-6-5-12(23-18(24)16-10-19(16,20)21)9-15(13)17-4-2-3-7-22-17/h2-7,9,11,14,16H,8,10H2,1H3,(H,23,24)/t11-,14+,16-/m0/s1. The molecule has 5 heteroatoms. The minimum atomic E-state index is -2.85. The number of carbonyl (C=O) groups is 1. The predicted octanol–water partition coefficient (Wildman–Crippen LogP) is 4.47. The number of alkyl halides is 2. The number of hydrogen-bond donors (Lipinski definition) is 1. The Morgan fingerprint density at radius 1 is 1.29 bits per heavy atom. The molecule has 0 bridgehead atoms. The van der Waals surface area contributed by atoms with E-state index in [1.54, 1.807) is 12.3 Å². The van der Waals surface area contributed by atoms with E-state index in [1.165, 1.54) is 5.56 Å². The maximum Gasteiger partial charge on any atom is 0.260 e. The summed E-state index contributed by atoms with van der Waals surface area (Å²) in [5, 5.41) is 2.62. The van der Waals surface area contributed by atoms with Crippen LogP contribution in [-0.2, 0) is 4.79 Å². The zero-order valence-electron chi connectivity index (χ0n) is 13.3. The summed E-state index contributed by atoms with van der Waals surface area (Å²) < 4.78 is 26.1. The molecule has 2 aromatic rings. The molecule has 1 amide bonds. The molecule has 1 aromatic carbocycles. The van der Waals surface area contributed by atoms with E-state index in [0.29, 0.717) is 17.5 Å². The molecule has 4 rings (SSSR count). The van der Waals surface area contributed by atoms with Crippen LogP contribution in [0.15, 0.2) is 42.6 Å². The third kappa shape index (κ3) is 2.79. The number of pyridine rings is 1. The van der Waals surface area contributed by atoms with E-state index in [0.717, 1.165) is 17.7 Å². The molecule has 0 unspecified atom stereocenters. The first-order valence-corrected chi connectivity index (χ1v) is 8.20. The van der Waals surface area contributed by atoms with Crippen molar-refractivity contribution >= 4 is 11.6 Å². The SMILES string of the molecule is C[C@H]1C[C@H]1c1ccc(NC(=O)[C@@H]2CC2(F)F)cc1-c1ccccn1. The number of halogens is 2. The van der Waals surface area contributed by atoms with E-state index in [1.807, 2.05) is 30.3 Å². The Morgan fingerprint density at radius 3 is 2.62 bits per heavy atom. The van der Waals surface area contributed by atoms with Crippen LogP contribution < -0.4 is 5.32 Å². The van der Waals surface area contributed by atoms with Gasteiger partial charge in [0.2, 0.25) is 5.91 Å². The molecule has 124 valence electrons. The normalized spacial score (nSPS) is 26.7. The van der Waals surface area contributed by atoms with Crippen LogP contribution in [-0.4, -0.2) is 16.8 Å². The van der Waals surface area contributed by atoms with Crippen molar-refractivity contribution in [3.63, 3.8) is 0 Å². The van der Waals surface area contributed by atoms with Crippen LogP contribution in [0.3, 0.4) is 0 Å². The molecular weight excluding hydrogens is 310 g/mol. The lowest BCUT2D eigenvalue weighted by atomic mass is 9.98. The summed E-state index contributed by atoms with van der Waals surface area (Å²) in [6.07, 6.45) is 2.51. The summed E-state index contributed by atoms with van der Waals surface area (Å²) in [6, 6.07) is 11.3. The van der Waals surface area contributed by atoms with Crippen molar-refractivity contribution in [2.75, 3.05) is 5.32 Å². The van der Waals surface area contributed by atoms with Gasteiger partial charge in [-0.3, -0.25) is 9.78 Å². The first-order valence-electron chi connectivity index (χ1n) is 8.20. The van der Waals surface area contributed by atoms with E-state index in [9.17, 15) is 13.6 Å². The molecule has 2 aliphatic rings. The third-order valence-corrected chi connectivity index (χ3v) is 4.91. The van der Waals surface area contributed by atoms with E-state index >= 15 is 0 Å². The Balaban J connectivity index is 1.64. The van der Waals surface area contributed by atoms with Crippen molar-refractivity contribution < 1.29 is 13.6 Å². The molecule has 2 saturated carbocycles. The van der Waals surface area contributed by atoms with Crippen molar-refractivity contribution in [1.82, 2.24) is 4.98 Å². The second-order valence-corrected chi connectivity index (χ2v) is 6.84. The highest BCUT2D eigenvalue weighted by atomic mass is 19.3. The molecule has 24 heavy (non-hydrogen) atoms. The summed E-state index contributed by atoms with van der Waals surface area (Å²) in [7, 11) is 0. The van der Waals surface area contributed by atoms with Gasteiger partial charge >= 0.3 is 0 Å². The maximum absolute atomic E-state index is 13.0. The number of rotatable bonds is 4. The molecule has 1 heterocycles. The number of anilines is 1. The van der Waals surface area contributed by atoms with Crippen LogP contribution in [0.5, 0.6) is 0 Å². The average Bonchev–Trinajstić information content (AvgIpc) is 3.45. The molecule has 1 aromatic heterocycles. The van der Waals surface area contributed by atoms with Crippen LogP contribution in [0.1, 0.15) is 31.2 Å². The average molecular weight is 328 g/mol. The van der Waals surface area contributed by atoms with Crippen LogP contribution in [0.4, 0.5) is 14.5 Å². The lowest BCUT2D eigenvalue weighted by molar-refractivity contribution is -0.119. The van der Waals surface area contributed by atoms with Crippen molar-refractivity contribution in [1.29, 1.82) is 0 Å². The highest BCUT2D eigenvalue weighted by Crippen LogP contribution is 2.51. The minimum absolute atomic E-state index is 0.358. The van der Waals surface area contributed by atoms with Gasteiger partial charge in [0.1, 0.15) is 5.92 Å². The first kappa shape index (κ1) is 15.2. The van der Waals surface area contributed by atoms with E-state index in [2.05, 4.69) is 17.2 Å². The van der Waals surface area contributed by atoms with Crippen molar-refractivity contribution in [2.24, 2.45) is 11.8 Å². The number of nitrogens with one attached hydrogen (secondary N) is 1. The topological polar surface area (TPSA) is 42.0 Å². The third-order valence-electron chi connectivity index (χ3n) is 4.91. The van der Waals surface area contributed by atoms with Crippen LogP contribution in [0.2, 0.25) is 0 Å². The Kier molecular flexibility index (Phi) is 3.41. The van der Waals surface area contributed by atoms with Crippen molar-refractivity contribution in [2.45, 2.75) is 31.6 Å². The first-order chi connectivity index (χ1) is 11.5. The van der Waals surface area contributed by atoms with Gasteiger partial charge in [0.05, 0.1) is 5.69 Å². The molecule has 3 atom stereocenters. The zero-order chi connectivity index (χ0) is 16.9. The molecule has 2 fully saturated rings. The van der Waals surface area contributed by atoms with Crippen molar-refractivity contribution in [3.05, 3.63) is 48.2 Å². The molecular formula is C19H18F2N2O. The Hall–Kier alpha value is -2.30. The molecule has 1 N–H and O–H groups in total. The quantitative estimate of drug-likeness (QED) is 0.900. The number of carbonyl (C=O) groups excluding carboxylic acids is 1. The lowest BCUT2D eigenvalue weighted by Crippen LogP contribution is -2.17.